The van der Waals surface area contributed by atoms with E-state index in [1.807, 2.05) is 12.1 Å². The van der Waals surface area contributed by atoms with Crippen LogP contribution in [0.5, 0.6) is 5.75 Å². The van der Waals surface area contributed by atoms with Crippen LogP contribution in [0.3, 0.4) is 0 Å². The Balaban J connectivity index is 1.66. The van der Waals surface area contributed by atoms with Gasteiger partial charge in [0.1, 0.15) is 11.5 Å². The van der Waals surface area contributed by atoms with Crippen LogP contribution in [0.4, 0.5) is 0 Å². The number of fused-ring (bicyclic) bond motifs is 4. The van der Waals surface area contributed by atoms with Gasteiger partial charge < -0.3 is 9.84 Å². The summed E-state index contributed by atoms with van der Waals surface area (Å²) in [6, 6.07) is 17.6. The third-order valence-electron chi connectivity index (χ3n) is 6.45. The molecule has 3 aromatic carbocycles. The number of hydrogen-bond donors (Lipinski definition) is 1. The van der Waals surface area contributed by atoms with Gasteiger partial charge in [0.25, 0.3) is 0 Å². The molecule has 0 aliphatic heterocycles. The number of benzene rings is 3. The summed E-state index contributed by atoms with van der Waals surface area (Å²) in [6.07, 6.45) is 5.09. The number of carbonyl (C=O) groups is 1. The van der Waals surface area contributed by atoms with E-state index < -0.39 is 0 Å². The van der Waals surface area contributed by atoms with E-state index in [0.717, 1.165) is 25.7 Å². The highest BCUT2D eigenvalue weighted by Crippen LogP contribution is 2.27. The van der Waals surface area contributed by atoms with Crippen LogP contribution in [0, 0.1) is 13.8 Å². The summed E-state index contributed by atoms with van der Waals surface area (Å²) in [5, 5.41) is 10.8. The van der Waals surface area contributed by atoms with Crippen molar-refractivity contribution in [3.05, 3.63) is 105 Å². The summed E-state index contributed by atoms with van der Waals surface area (Å²) in [5.41, 5.74) is 9.16. The molecule has 0 saturated carbocycles. The van der Waals surface area contributed by atoms with Crippen molar-refractivity contribution in [1.29, 1.82) is 0 Å². The normalized spacial score (nSPS) is 13.6. The Kier molecular flexibility index (Phi) is 5.94. The van der Waals surface area contributed by atoms with Crippen molar-refractivity contribution in [2.45, 2.75) is 39.5 Å². The molecular formula is C28H28O3. The monoisotopic (exact) mass is 412 g/mol. The maximum Gasteiger partial charge on any atom is 0.189 e. The zero-order valence-corrected chi connectivity index (χ0v) is 18.4. The molecule has 0 atom stereocenters. The summed E-state index contributed by atoms with van der Waals surface area (Å²) in [5.74, 6) is 0.477. The van der Waals surface area contributed by atoms with Crippen LogP contribution >= 0.6 is 0 Å². The lowest BCUT2D eigenvalue weighted by Crippen LogP contribution is -2.07. The number of carbonyl (C=O) groups excluding carboxylic acids is 1. The summed E-state index contributed by atoms with van der Waals surface area (Å²) in [6.45, 7) is 4.39. The number of rotatable bonds is 4. The number of methoxy groups -OCH3 is 1. The summed E-state index contributed by atoms with van der Waals surface area (Å²) in [4.78, 5) is 12.6. The molecule has 0 aromatic heterocycles. The van der Waals surface area contributed by atoms with Crippen molar-refractivity contribution in [3.8, 4) is 5.75 Å². The molecule has 0 spiro atoms. The molecular weight excluding hydrogens is 384 g/mol. The molecule has 4 rings (SSSR count). The topological polar surface area (TPSA) is 46.5 Å². The fourth-order valence-electron chi connectivity index (χ4n) is 4.37. The number of aliphatic hydroxyl groups is 1. The number of aryl methyl sites for hydroxylation is 4. The Bertz CT molecular complexity index is 1110. The van der Waals surface area contributed by atoms with Gasteiger partial charge in [0.15, 0.2) is 5.78 Å². The SMILES string of the molecule is COc1ccc(C(=O)/C=C(/O)c2cc3c(C)c(c2)CCc2cccc(c2C)CC3)cc1. The number of aliphatic hydroxyl groups excluding tert-OH is 1. The van der Waals surface area contributed by atoms with E-state index in [4.69, 9.17) is 4.74 Å². The maximum absolute atomic E-state index is 12.6. The largest absolute Gasteiger partial charge is 0.507 e. The van der Waals surface area contributed by atoms with Gasteiger partial charge in [0.05, 0.1) is 7.11 Å². The van der Waals surface area contributed by atoms with Gasteiger partial charge in [-0.3, -0.25) is 4.79 Å². The average molecular weight is 413 g/mol. The van der Waals surface area contributed by atoms with Crippen LogP contribution in [0.25, 0.3) is 5.76 Å². The fourth-order valence-corrected chi connectivity index (χ4v) is 4.37. The van der Waals surface area contributed by atoms with E-state index in [9.17, 15) is 9.90 Å². The van der Waals surface area contributed by atoms with Crippen molar-refractivity contribution in [3.63, 3.8) is 0 Å². The van der Waals surface area contributed by atoms with Gasteiger partial charge in [0.2, 0.25) is 0 Å². The van der Waals surface area contributed by atoms with Gasteiger partial charge in [-0.15, -0.1) is 0 Å². The second-order valence-corrected chi connectivity index (χ2v) is 8.24. The summed E-state index contributed by atoms with van der Waals surface area (Å²) in [7, 11) is 1.59. The molecule has 158 valence electrons. The first-order chi connectivity index (χ1) is 15.0. The lowest BCUT2D eigenvalue weighted by molar-refractivity contribution is 0.104. The molecule has 0 heterocycles. The Morgan fingerprint density at radius 3 is 1.87 bits per heavy atom. The Morgan fingerprint density at radius 2 is 1.32 bits per heavy atom. The van der Waals surface area contributed by atoms with Crippen molar-refractivity contribution in [1.82, 2.24) is 0 Å². The van der Waals surface area contributed by atoms with Crippen LogP contribution in [0.15, 0.2) is 60.7 Å². The first kappa shape index (κ1) is 20.9. The van der Waals surface area contributed by atoms with E-state index in [1.54, 1.807) is 31.4 Å². The minimum atomic E-state index is -0.226. The first-order valence-corrected chi connectivity index (χ1v) is 10.8. The lowest BCUT2D eigenvalue weighted by atomic mass is 9.87. The smallest absolute Gasteiger partial charge is 0.189 e. The number of ether oxygens (including phenoxy) is 1. The van der Waals surface area contributed by atoms with Gasteiger partial charge in [-0.1, -0.05) is 18.2 Å². The van der Waals surface area contributed by atoms with Crippen molar-refractivity contribution >= 4 is 11.5 Å². The molecule has 0 radical (unpaired) electrons. The zero-order chi connectivity index (χ0) is 22.0. The molecule has 0 unspecified atom stereocenters. The lowest BCUT2D eigenvalue weighted by Gasteiger charge is -2.19. The van der Waals surface area contributed by atoms with E-state index in [1.165, 1.54) is 39.5 Å². The summed E-state index contributed by atoms with van der Waals surface area (Å²) < 4.78 is 5.14. The van der Waals surface area contributed by atoms with Gasteiger partial charge in [0, 0.05) is 17.2 Å². The molecule has 0 amide bonds. The van der Waals surface area contributed by atoms with Gasteiger partial charge in [-0.25, -0.2) is 0 Å². The molecule has 0 saturated heterocycles. The molecule has 1 aliphatic carbocycles. The molecule has 3 nitrogen and oxygen atoms in total. The third-order valence-corrected chi connectivity index (χ3v) is 6.45. The second-order valence-electron chi connectivity index (χ2n) is 8.24. The molecule has 3 heteroatoms. The van der Waals surface area contributed by atoms with Crippen LogP contribution in [0.2, 0.25) is 0 Å². The molecule has 31 heavy (non-hydrogen) atoms. The predicted molar refractivity (Wildman–Crippen MR) is 125 cm³/mol. The van der Waals surface area contributed by atoms with Gasteiger partial charge in [-0.2, -0.15) is 0 Å². The van der Waals surface area contributed by atoms with Crippen molar-refractivity contribution in [2.24, 2.45) is 0 Å². The Morgan fingerprint density at radius 1 is 0.806 bits per heavy atom. The fraction of sp³-hybridized carbons (Fsp3) is 0.250. The van der Waals surface area contributed by atoms with E-state index >= 15 is 0 Å². The quantitative estimate of drug-likeness (QED) is 0.326. The minimum Gasteiger partial charge on any atom is -0.507 e. The van der Waals surface area contributed by atoms with Gasteiger partial charge in [-0.05, 0) is 109 Å². The highest BCUT2D eigenvalue weighted by molar-refractivity contribution is 6.07. The molecule has 3 aromatic rings. The van der Waals surface area contributed by atoms with Crippen LogP contribution in [-0.4, -0.2) is 18.0 Å². The third kappa shape index (κ3) is 4.41. The van der Waals surface area contributed by atoms with Gasteiger partial charge >= 0.3 is 0 Å². The Hall–Kier alpha value is -3.33. The number of hydrogen-bond acceptors (Lipinski definition) is 3. The maximum atomic E-state index is 12.6. The van der Waals surface area contributed by atoms with Crippen LogP contribution in [-0.2, 0) is 25.7 Å². The average Bonchev–Trinajstić information content (AvgIpc) is 2.78. The molecule has 1 N–H and O–H groups in total. The highest BCUT2D eigenvalue weighted by atomic mass is 16.5. The van der Waals surface area contributed by atoms with E-state index in [2.05, 4.69) is 32.0 Å². The number of ketones is 1. The minimum absolute atomic E-state index is 0.00933. The molecule has 4 bridgehead atoms. The highest BCUT2D eigenvalue weighted by Gasteiger charge is 2.15. The van der Waals surface area contributed by atoms with Crippen molar-refractivity contribution in [2.75, 3.05) is 7.11 Å². The molecule has 1 aliphatic rings. The standard InChI is InChI=1S/C28H28O3/c1-18-20-5-4-6-21(18)8-10-24-16-25(15-23(9-7-20)19(24)2)28(30)17-27(29)22-11-13-26(31-3)14-12-22/h4-6,11-17,30H,7-10H2,1-3H3/b28-17+. The van der Waals surface area contributed by atoms with Crippen molar-refractivity contribution < 1.29 is 14.6 Å². The van der Waals surface area contributed by atoms with Crippen LogP contribution < -0.4 is 4.74 Å². The molecule has 0 fully saturated rings. The van der Waals surface area contributed by atoms with E-state index in [-0.39, 0.29) is 11.5 Å². The number of allylic oxidation sites excluding steroid dienone is 1. The Labute approximate surface area is 184 Å². The first-order valence-electron chi connectivity index (χ1n) is 10.8. The summed E-state index contributed by atoms with van der Waals surface area (Å²) >= 11 is 0. The second kappa shape index (κ2) is 8.81. The zero-order valence-electron chi connectivity index (χ0n) is 18.4. The van der Waals surface area contributed by atoms with Crippen LogP contribution in [0.1, 0.15) is 49.3 Å². The van der Waals surface area contributed by atoms with E-state index in [0.29, 0.717) is 16.9 Å². The predicted octanol–water partition coefficient (Wildman–Crippen LogP) is 5.98.